The molecule has 3 N–H and O–H groups in total. The maximum Gasteiger partial charge on any atom is 0.0725 e. The van der Waals surface area contributed by atoms with Gasteiger partial charge in [0.15, 0.2) is 0 Å². The highest BCUT2D eigenvalue weighted by molar-refractivity contribution is 9.11. The zero-order valence-corrected chi connectivity index (χ0v) is 13.3. The van der Waals surface area contributed by atoms with Crippen molar-refractivity contribution in [2.24, 2.45) is 5.84 Å². The van der Waals surface area contributed by atoms with Gasteiger partial charge in [0, 0.05) is 14.0 Å². The SMILES string of the molecule is NNC(c1cc(Br)cc(Br)c1)c1ccccc1Cl. The van der Waals surface area contributed by atoms with Crippen LogP contribution in [-0.4, -0.2) is 0 Å². The predicted octanol–water partition coefficient (Wildman–Crippen LogP) is 4.42. The van der Waals surface area contributed by atoms with Crippen molar-refractivity contribution in [3.8, 4) is 0 Å². The molecule has 0 saturated carbocycles. The molecule has 1 unspecified atom stereocenters. The lowest BCUT2D eigenvalue weighted by molar-refractivity contribution is 0.636. The van der Waals surface area contributed by atoms with Crippen LogP contribution in [0.1, 0.15) is 17.2 Å². The number of halogens is 3. The highest BCUT2D eigenvalue weighted by Crippen LogP contribution is 2.31. The Bertz CT molecular complexity index is 540. The summed E-state index contributed by atoms with van der Waals surface area (Å²) in [7, 11) is 0. The first-order chi connectivity index (χ1) is 8.61. The van der Waals surface area contributed by atoms with Gasteiger partial charge in [-0.3, -0.25) is 5.84 Å². The van der Waals surface area contributed by atoms with Crippen molar-refractivity contribution in [3.05, 3.63) is 67.6 Å². The fraction of sp³-hybridized carbons (Fsp3) is 0.0769. The summed E-state index contributed by atoms with van der Waals surface area (Å²) in [5.41, 5.74) is 4.79. The summed E-state index contributed by atoms with van der Waals surface area (Å²) in [6.07, 6.45) is 0. The molecule has 0 bridgehead atoms. The second kappa shape index (κ2) is 6.17. The number of hydrogen-bond donors (Lipinski definition) is 2. The first-order valence-electron chi connectivity index (χ1n) is 5.28. The molecule has 5 heteroatoms. The van der Waals surface area contributed by atoms with Gasteiger partial charge in [0.05, 0.1) is 6.04 Å². The van der Waals surface area contributed by atoms with Gasteiger partial charge in [-0.25, -0.2) is 5.43 Å². The summed E-state index contributed by atoms with van der Waals surface area (Å²) in [6.45, 7) is 0. The summed E-state index contributed by atoms with van der Waals surface area (Å²) in [4.78, 5) is 0. The van der Waals surface area contributed by atoms with Gasteiger partial charge in [0.1, 0.15) is 0 Å². The van der Waals surface area contributed by atoms with E-state index >= 15 is 0 Å². The van der Waals surface area contributed by atoms with E-state index < -0.39 is 0 Å². The minimum Gasteiger partial charge on any atom is -0.271 e. The monoisotopic (exact) mass is 388 g/mol. The van der Waals surface area contributed by atoms with Gasteiger partial charge >= 0.3 is 0 Å². The van der Waals surface area contributed by atoms with E-state index in [0.717, 1.165) is 20.1 Å². The normalized spacial score (nSPS) is 12.4. The molecule has 0 aliphatic carbocycles. The van der Waals surface area contributed by atoms with Crippen LogP contribution in [0.3, 0.4) is 0 Å². The Morgan fingerprint density at radius 2 is 1.67 bits per heavy atom. The van der Waals surface area contributed by atoms with E-state index in [0.29, 0.717) is 5.02 Å². The Labute approximate surface area is 128 Å². The molecular weight excluding hydrogens is 379 g/mol. The summed E-state index contributed by atoms with van der Waals surface area (Å²) < 4.78 is 1.97. The summed E-state index contributed by atoms with van der Waals surface area (Å²) >= 11 is 13.1. The molecule has 0 aliphatic heterocycles. The zero-order chi connectivity index (χ0) is 13.1. The molecule has 2 aromatic carbocycles. The number of rotatable bonds is 3. The maximum atomic E-state index is 6.21. The van der Waals surface area contributed by atoms with Gasteiger partial charge in [-0.1, -0.05) is 61.7 Å². The molecule has 0 amide bonds. The van der Waals surface area contributed by atoms with Crippen molar-refractivity contribution in [2.75, 3.05) is 0 Å². The molecule has 0 saturated heterocycles. The average Bonchev–Trinajstić information content (AvgIpc) is 2.31. The number of benzene rings is 2. The average molecular weight is 391 g/mol. The zero-order valence-electron chi connectivity index (χ0n) is 9.33. The van der Waals surface area contributed by atoms with E-state index in [2.05, 4.69) is 37.3 Å². The summed E-state index contributed by atoms with van der Waals surface area (Å²) in [5, 5.41) is 0.691. The maximum absolute atomic E-state index is 6.21. The topological polar surface area (TPSA) is 38.0 Å². The van der Waals surface area contributed by atoms with Crippen LogP contribution in [0.25, 0.3) is 0 Å². The Morgan fingerprint density at radius 1 is 1.06 bits per heavy atom. The third-order valence-corrected chi connectivity index (χ3v) is 3.86. The lowest BCUT2D eigenvalue weighted by atomic mass is 9.99. The Kier molecular flexibility index (Phi) is 4.81. The number of hydrazine groups is 1. The molecule has 2 rings (SSSR count). The van der Waals surface area contributed by atoms with Crippen molar-refractivity contribution in [3.63, 3.8) is 0 Å². The van der Waals surface area contributed by atoms with Gasteiger partial charge in [0.25, 0.3) is 0 Å². The first-order valence-corrected chi connectivity index (χ1v) is 7.25. The van der Waals surface area contributed by atoms with Crippen LogP contribution in [0.5, 0.6) is 0 Å². The second-order valence-electron chi connectivity index (χ2n) is 3.82. The quantitative estimate of drug-likeness (QED) is 0.602. The standard InChI is InChI=1S/C13H11Br2ClN2/c14-9-5-8(6-10(15)7-9)13(18-17)11-3-1-2-4-12(11)16/h1-7,13,18H,17H2. The van der Waals surface area contributed by atoms with Crippen LogP contribution in [0.4, 0.5) is 0 Å². The molecule has 0 radical (unpaired) electrons. The fourth-order valence-corrected chi connectivity index (χ4v) is 3.39. The third-order valence-electron chi connectivity index (χ3n) is 2.60. The van der Waals surface area contributed by atoms with Gasteiger partial charge < -0.3 is 0 Å². The molecule has 0 heterocycles. The summed E-state index contributed by atoms with van der Waals surface area (Å²) in [6, 6.07) is 13.5. The molecule has 0 aromatic heterocycles. The van der Waals surface area contributed by atoms with Crippen LogP contribution < -0.4 is 11.3 Å². The third kappa shape index (κ3) is 3.13. The fourth-order valence-electron chi connectivity index (χ4n) is 1.82. The highest BCUT2D eigenvalue weighted by atomic mass is 79.9. The van der Waals surface area contributed by atoms with Crippen LogP contribution in [-0.2, 0) is 0 Å². The number of hydrogen-bond acceptors (Lipinski definition) is 2. The van der Waals surface area contributed by atoms with Crippen LogP contribution in [0.15, 0.2) is 51.4 Å². The van der Waals surface area contributed by atoms with E-state index in [-0.39, 0.29) is 6.04 Å². The van der Waals surface area contributed by atoms with Crippen molar-refractivity contribution in [2.45, 2.75) is 6.04 Å². The van der Waals surface area contributed by atoms with Crippen molar-refractivity contribution in [1.82, 2.24) is 5.43 Å². The second-order valence-corrected chi connectivity index (χ2v) is 6.06. The molecular formula is C13H11Br2ClN2. The highest BCUT2D eigenvalue weighted by Gasteiger charge is 2.16. The van der Waals surface area contributed by atoms with E-state index in [1.165, 1.54) is 0 Å². The van der Waals surface area contributed by atoms with E-state index in [1.54, 1.807) is 0 Å². The van der Waals surface area contributed by atoms with Gasteiger partial charge in [-0.15, -0.1) is 0 Å². The number of nitrogens with two attached hydrogens (primary N) is 1. The van der Waals surface area contributed by atoms with Crippen molar-refractivity contribution < 1.29 is 0 Å². The first kappa shape index (κ1) is 14.0. The minimum absolute atomic E-state index is 0.146. The lowest BCUT2D eigenvalue weighted by Gasteiger charge is -2.18. The van der Waals surface area contributed by atoms with E-state index in [9.17, 15) is 0 Å². The van der Waals surface area contributed by atoms with Crippen LogP contribution in [0, 0.1) is 0 Å². The molecule has 2 aromatic rings. The molecule has 2 nitrogen and oxygen atoms in total. The largest absolute Gasteiger partial charge is 0.271 e. The Morgan fingerprint density at radius 3 is 2.22 bits per heavy atom. The molecule has 94 valence electrons. The molecule has 0 aliphatic rings. The smallest absolute Gasteiger partial charge is 0.0725 e. The van der Waals surface area contributed by atoms with Crippen molar-refractivity contribution >= 4 is 43.5 Å². The molecule has 18 heavy (non-hydrogen) atoms. The van der Waals surface area contributed by atoms with E-state index in [1.807, 2.05) is 42.5 Å². The minimum atomic E-state index is -0.146. The molecule has 1 atom stereocenters. The van der Waals surface area contributed by atoms with Gasteiger partial charge in [-0.2, -0.15) is 0 Å². The molecule has 0 fully saturated rings. The van der Waals surface area contributed by atoms with Crippen LogP contribution in [0.2, 0.25) is 5.02 Å². The van der Waals surface area contributed by atoms with Gasteiger partial charge in [0.2, 0.25) is 0 Å². The molecule has 0 spiro atoms. The van der Waals surface area contributed by atoms with Crippen molar-refractivity contribution in [1.29, 1.82) is 0 Å². The van der Waals surface area contributed by atoms with E-state index in [4.69, 9.17) is 17.4 Å². The predicted molar refractivity (Wildman–Crippen MR) is 82.5 cm³/mol. The number of nitrogens with one attached hydrogen (secondary N) is 1. The van der Waals surface area contributed by atoms with Crippen LogP contribution >= 0.6 is 43.5 Å². The lowest BCUT2D eigenvalue weighted by Crippen LogP contribution is -2.29. The Hall–Kier alpha value is -0.390. The Balaban J connectivity index is 2.48. The summed E-state index contributed by atoms with van der Waals surface area (Å²) in [5.74, 6) is 5.67. The van der Waals surface area contributed by atoms with Gasteiger partial charge in [-0.05, 0) is 35.4 Å².